The van der Waals surface area contributed by atoms with Crippen molar-refractivity contribution in [2.45, 2.75) is 57.9 Å². The highest BCUT2D eigenvalue weighted by molar-refractivity contribution is 4.77. The molecule has 0 amide bonds. The van der Waals surface area contributed by atoms with Crippen molar-refractivity contribution >= 4 is 0 Å². The van der Waals surface area contributed by atoms with E-state index in [0.717, 1.165) is 12.5 Å². The van der Waals surface area contributed by atoms with Crippen LogP contribution >= 0.6 is 0 Å². The number of nitrogens with zero attached hydrogens (tertiary/aromatic N) is 1. The van der Waals surface area contributed by atoms with Crippen molar-refractivity contribution in [2.75, 3.05) is 20.1 Å². The van der Waals surface area contributed by atoms with Crippen molar-refractivity contribution < 1.29 is 0 Å². The maximum atomic E-state index is 5.85. The molecule has 1 saturated carbocycles. The van der Waals surface area contributed by atoms with Gasteiger partial charge in [0.2, 0.25) is 0 Å². The van der Waals surface area contributed by atoms with Crippen LogP contribution in [0.15, 0.2) is 0 Å². The molecule has 1 aliphatic rings. The van der Waals surface area contributed by atoms with E-state index >= 15 is 0 Å². The van der Waals surface area contributed by atoms with Gasteiger partial charge in [-0.15, -0.1) is 0 Å². The molecule has 0 aromatic heterocycles. The molecular formula is C13H28N2. The molecule has 1 unspecified atom stereocenters. The summed E-state index contributed by atoms with van der Waals surface area (Å²) in [4.78, 5) is 2.50. The largest absolute Gasteiger partial charge is 0.329 e. The van der Waals surface area contributed by atoms with Gasteiger partial charge in [0.25, 0.3) is 0 Å². The lowest BCUT2D eigenvalue weighted by atomic mass is 9.85. The van der Waals surface area contributed by atoms with Gasteiger partial charge in [0, 0.05) is 19.1 Å². The monoisotopic (exact) mass is 212 g/mol. The Morgan fingerprint density at radius 3 is 2.53 bits per heavy atom. The van der Waals surface area contributed by atoms with Gasteiger partial charge < -0.3 is 10.6 Å². The number of hydrogen-bond acceptors (Lipinski definition) is 2. The summed E-state index contributed by atoms with van der Waals surface area (Å²) in [6, 6.07) is 0.622. The van der Waals surface area contributed by atoms with Crippen molar-refractivity contribution in [3.05, 3.63) is 0 Å². The van der Waals surface area contributed by atoms with Crippen LogP contribution in [0.1, 0.15) is 51.9 Å². The van der Waals surface area contributed by atoms with Crippen molar-refractivity contribution in [1.82, 2.24) is 4.90 Å². The molecule has 0 heterocycles. The van der Waals surface area contributed by atoms with Gasteiger partial charge in [-0.25, -0.2) is 0 Å². The number of hydrogen-bond donors (Lipinski definition) is 1. The quantitative estimate of drug-likeness (QED) is 0.627. The minimum atomic E-state index is 0.622. The van der Waals surface area contributed by atoms with E-state index in [0.29, 0.717) is 6.04 Å². The van der Waals surface area contributed by atoms with Crippen molar-refractivity contribution in [1.29, 1.82) is 0 Å². The SMILES string of the molecule is CCCCCC(CN)N(C)CC1CCC1. The zero-order valence-electron chi connectivity index (χ0n) is 10.5. The molecule has 2 heteroatoms. The molecule has 0 aliphatic heterocycles. The summed E-state index contributed by atoms with van der Waals surface area (Å²) in [6.07, 6.45) is 9.62. The van der Waals surface area contributed by atoms with Crippen LogP contribution in [0, 0.1) is 5.92 Å². The smallest absolute Gasteiger partial charge is 0.0215 e. The maximum absolute atomic E-state index is 5.85. The van der Waals surface area contributed by atoms with Gasteiger partial charge >= 0.3 is 0 Å². The first-order valence-electron chi connectivity index (χ1n) is 6.68. The van der Waals surface area contributed by atoms with E-state index in [1.54, 1.807) is 0 Å². The number of rotatable bonds is 8. The van der Waals surface area contributed by atoms with E-state index in [1.165, 1.54) is 51.5 Å². The van der Waals surface area contributed by atoms with Crippen LogP contribution in [-0.4, -0.2) is 31.1 Å². The van der Waals surface area contributed by atoms with Crippen molar-refractivity contribution in [2.24, 2.45) is 11.7 Å². The summed E-state index contributed by atoms with van der Waals surface area (Å²) in [7, 11) is 2.25. The molecule has 2 nitrogen and oxygen atoms in total. The molecule has 90 valence electrons. The first-order chi connectivity index (χ1) is 7.27. The van der Waals surface area contributed by atoms with E-state index < -0.39 is 0 Å². The molecule has 0 radical (unpaired) electrons. The molecule has 1 atom stereocenters. The Bertz CT molecular complexity index is 155. The van der Waals surface area contributed by atoms with Crippen LogP contribution < -0.4 is 5.73 Å². The first-order valence-corrected chi connectivity index (χ1v) is 6.68. The standard InChI is InChI=1S/C13H28N2/c1-3-4-5-9-13(10-14)15(2)11-12-7-6-8-12/h12-13H,3-11,14H2,1-2H3. The Morgan fingerprint density at radius 2 is 2.07 bits per heavy atom. The Hall–Kier alpha value is -0.0800. The van der Waals surface area contributed by atoms with Gasteiger partial charge in [-0.1, -0.05) is 32.6 Å². The molecule has 2 N–H and O–H groups in total. The lowest BCUT2D eigenvalue weighted by Crippen LogP contribution is -2.41. The summed E-state index contributed by atoms with van der Waals surface area (Å²) in [5.74, 6) is 0.968. The second-order valence-corrected chi connectivity index (χ2v) is 5.12. The molecule has 1 aliphatic carbocycles. The van der Waals surface area contributed by atoms with Crippen LogP contribution in [0.5, 0.6) is 0 Å². The van der Waals surface area contributed by atoms with E-state index in [2.05, 4.69) is 18.9 Å². The third kappa shape index (κ3) is 4.52. The highest BCUT2D eigenvalue weighted by atomic mass is 15.1. The zero-order valence-corrected chi connectivity index (χ0v) is 10.5. The van der Waals surface area contributed by atoms with E-state index in [1.807, 2.05) is 0 Å². The number of nitrogens with two attached hydrogens (primary N) is 1. The summed E-state index contributed by atoms with van der Waals surface area (Å²) in [6.45, 7) is 4.36. The predicted molar refractivity (Wildman–Crippen MR) is 67.0 cm³/mol. The number of unbranched alkanes of at least 4 members (excludes halogenated alkanes) is 2. The highest BCUT2D eigenvalue weighted by Crippen LogP contribution is 2.27. The fourth-order valence-electron chi connectivity index (χ4n) is 2.38. The second-order valence-electron chi connectivity index (χ2n) is 5.12. The van der Waals surface area contributed by atoms with E-state index in [-0.39, 0.29) is 0 Å². The second kappa shape index (κ2) is 7.24. The zero-order chi connectivity index (χ0) is 11.1. The highest BCUT2D eigenvalue weighted by Gasteiger charge is 2.22. The minimum absolute atomic E-state index is 0.622. The Balaban J connectivity index is 2.16. The molecule has 0 aromatic rings. The maximum Gasteiger partial charge on any atom is 0.0215 e. The fourth-order valence-corrected chi connectivity index (χ4v) is 2.38. The van der Waals surface area contributed by atoms with Gasteiger partial charge in [-0.3, -0.25) is 0 Å². The average Bonchev–Trinajstić information content (AvgIpc) is 2.18. The topological polar surface area (TPSA) is 29.3 Å². The van der Waals surface area contributed by atoms with Gasteiger partial charge in [-0.2, -0.15) is 0 Å². The van der Waals surface area contributed by atoms with E-state index in [4.69, 9.17) is 5.73 Å². The summed E-state index contributed by atoms with van der Waals surface area (Å²) >= 11 is 0. The Kier molecular flexibility index (Phi) is 6.26. The molecule has 0 spiro atoms. The third-order valence-electron chi connectivity index (χ3n) is 3.81. The van der Waals surface area contributed by atoms with Gasteiger partial charge in [0.05, 0.1) is 0 Å². The van der Waals surface area contributed by atoms with Crippen LogP contribution in [-0.2, 0) is 0 Å². The van der Waals surface area contributed by atoms with Crippen LogP contribution in [0.25, 0.3) is 0 Å². The molecule has 1 rings (SSSR count). The van der Waals surface area contributed by atoms with Crippen LogP contribution in [0.4, 0.5) is 0 Å². The van der Waals surface area contributed by atoms with Gasteiger partial charge in [0.1, 0.15) is 0 Å². The first kappa shape index (κ1) is 13.0. The molecule has 1 fully saturated rings. The Morgan fingerprint density at radius 1 is 1.33 bits per heavy atom. The van der Waals surface area contributed by atoms with Crippen molar-refractivity contribution in [3.8, 4) is 0 Å². The predicted octanol–water partition coefficient (Wildman–Crippen LogP) is 2.63. The average molecular weight is 212 g/mol. The Labute approximate surface area is 95.2 Å². The van der Waals surface area contributed by atoms with E-state index in [9.17, 15) is 0 Å². The lowest BCUT2D eigenvalue weighted by Gasteiger charge is -2.34. The third-order valence-corrected chi connectivity index (χ3v) is 3.81. The number of likely N-dealkylation sites (N-methyl/N-ethyl adjacent to an activating group) is 1. The summed E-state index contributed by atoms with van der Waals surface area (Å²) in [5.41, 5.74) is 5.85. The summed E-state index contributed by atoms with van der Waals surface area (Å²) < 4.78 is 0. The normalized spacial score (nSPS) is 19.2. The lowest BCUT2D eigenvalue weighted by molar-refractivity contribution is 0.157. The van der Waals surface area contributed by atoms with Crippen LogP contribution in [0.2, 0.25) is 0 Å². The van der Waals surface area contributed by atoms with Crippen LogP contribution in [0.3, 0.4) is 0 Å². The fraction of sp³-hybridized carbons (Fsp3) is 1.00. The van der Waals surface area contributed by atoms with Gasteiger partial charge in [-0.05, 0) is 32.2 Å². The summed E-state index contributed by atoms with van der Waals surface area (Å²) in [5, 5.41) is 0. The molecule has 0 aromatic carbocycles. The molecule has 0 bridgehead atoms. The minimum Gasteiger partial charge on any atom is -0.329 e. The van der Waals surface area contributed by atoms with Gasteiger partial charge in [0.15, 0.2) is 0 Å². The van der Waals surface area contributed by atoms with Crippen molar-refractivity contribution in [3.63, 3.8) is 0 Å². The molecule has 15 heavy (non-hydrogen) atoms. The molecule has 0 saturated heterocycles. The molecular weight excluding hydrogens is 184 g/mol.